The zero-order valence-corrected chi connectivity index (χ0v) is 12.6. The van der Waals surface area contributed by atoms with Gasteiger partial charge in [0.2, 0.25) is 5.82 Å². The van der Waals surface area contributed by atoms with Crippen LogP contribution in [0, 0.1) is 0 Å². The van der Waals surface area contributed by atoms with Gasteiger partial charge in [0.25, 0.3) is 5.89 Å². The molecule has 0 amide bonds. The average molecular weight is 291 g/mol. The van der Waals surface area contributed by atoms with Gasteiger partial charge in [-0.3, -0.25) is 0 Å². The number of aliphatic hydroxyl groups excluding tert-OH is 1. The maximum atomic E-state index is 8.78. The van der Waals surface area contributed by atoms with Crippen LogP contribution in [0.2, 0.25) is 0 Å². The van der Waals surface area contributed by atoms with Crippen molar-refractivity contribution in [3.8, 4) is 11.5 Å². The Balaban J connectivity index is 2.14. The highest BCUT2D eigenvalue weighted by Gasteiger charge is 2.27. The van der Waals surface area contributed by atoms with E-state index in [4.69, 9.17) is 14.4 Å². The molecule has 1 aromatic heterocycles. The van der Waals surface area contributed by atoms with Gasteiger partial charge in [0, 0.05) is 24.4 Å². The molecule has 0 radical (unpaired) electrons. The fourth-order valence-corrected chi connectivity index (χ4v) is 1.94. The predicted molar refractivity (Wildman–Crippen MR) is 80.0 cm³/mol. The summed E-state index contributed by atoms with van der Waals surface area (Å²) < 4.78 is 10.9. The molecule has 21 heavy (non-hydrogen) atoms. The maximum absolute atomic E-state index is 8.78. The molecule has 0 spiro atoms. The fourth-order valence-electron chi connectivity index (χ4n) is 1.94. The topological polar surface area (TPSA) is 80.4 Å². The first kappa shape index (κ1) is 15.5. The van der Waals surface area contributed by atoms with E-state index in [1.54, 1.807) is 0 Å². The molecule has 0 aliphatic heterocycles. The van der Waals surface area contributed by atoms with Gasteiger partial charge in [-0.05, 0) is 45.0 Å². The van der Waals surface area contributed by atoms with Crippen molar-refractivity contribution in [1.29, 1.82) is 0 Å². The molecule has 6 heteroatoms. The highest BCUT2D eigenvalue weighted by molar-refractivity contribution is 5.58. The van der Waals surface area contributed by atoms with Crippen molar-refractivity contribution in [2.75, 3.05) is 25.1 Å². The molecule has 2 rings (SSSR count). The van der Waals surface area contributed by atoms with Gasteiger partial charge < -0.3 is 19.7 Å². The summed E-state index contributed by atoms with van der Waals surface area (Å²) >= 11 is 0. The van der Waals surface area contributed by atoms with Crippen LogP contribution in [-0.4, -0.2) is 35.0 Å². The third-order valence-corrected chi connectivity index (χ3v) is 3.04. The first-order valence-electron chi connectivity index (χ1n) is 7.00. The van der Waals surface area contributed by atoms with Crippen molar-refractivity contribution in [2.45, 2.75) is 26.4 Å². The van der Waals surface area contributed by atoms with Crippen molar-refractivity contribution < 1.29 is 14.4 Å². The van der Waals surface area contributed by atoms with Crippen molar-refractivity contribution in [3.63, 3.8) is 0 Å². The first-order chi connectivity index (χ1) is 10.1. The monoisotopic (exact) mass is 291 g/mol. The van der Waals surface area contributed by atoms with Gasteiger partial charge in [0.15, 0.2) is 0 Å². The van der Waals surface area contributed by atoms with E-state index in [0.717, 1.165) is 11.3 Å². The second-order valence-corrected chi connectivity index (χ2v) is 5.09. The summed E-state index contributed by atoms with van der Waals surface area (Å²) in [6.07, 6.45) is 0. The van der Waals surface area contributed by atoms with Gasteiger partial charge in [-0.15, -0.1) is 0 Å². The fraction of sp³-hybridized carbons (Fsp3) is 0.467. The molecule has 1 heterocycles. The second-order valence-electron chi connectivity index (χ2n) is 5.09. The van der Waals surface area contributed by atoms with Gasteiger partial charge >= 0.3 is 0 Å². The lowest BCUT2D eigenvalue weighted by Crippen LogP contribution is -2.23. The van der Waals surface area contributed by atoms with Gasteiger partial charge in [0.1, 0.15) is 5.60 Å². The molecule has 0 saturated carbocycles. The lowest BCUT2D eigenvalue weighted by molar-refractivity contribution is -0.0221. The standard InChI is InChI=1S/C15H21N3O3/c1-4-20-15(2,3)14-17-13(21-18-14)11-5-7-12(8-6-11)16-9-10-19/h5-8,16,19H,4,9-10H2,1-3H3. The van der Waals surface area contributed by atoms with Crippen molar-refractivity contribution in [2.24, 2.45) is 0 Å². The quantitative estimate of drug-likeness (QED) is 0.815. The normalized spacial score (nSPS) is 11.6. The number of benzene rings is 1. The number of rotatable bonds is 7. The number of anilines is 1. The van der Waals surface area contributed by atoms with Crippen molar-refractivity contribution in [1.82, 2.24) is 10.1 Å². The van der Waals surface area contributed by atoms with Crippen LogP contribution in [0.1, 0.15) is 26.6 Å². The van der Waals surface area contributed by atoms with Crippen LogP contribution in [0.15, 0.2) is 28.8 Å². The van der Waals surface area contributed by atoms with E-state index in [-0.39, 0.29) is 6.61 Å². The number of nitrogens with one attached hydrogen (secondary N) is 1. The van der Waals surface area contributed by atoms with Crippen molar-refractivity contribution in [3.05, 3.63) is 30.1 Å². The van der Waals surface area contributed by atoms with E-state index in [1.807, 2.05) is 45.0 Å². The summed E-state index contributed by atoms with van der Waals surface area (Å²) in [7, 11) is 0. The number of hydrogen-bond donors (Lipinski definition) is 2. The molecule has 0 bridgehead atoms. The summed E-state index contributed by atoms with van der Waals surface area (Å²) in [5, 5.41) is 15.9. The van der Waals surface area contributed by atoms with Gasteiger partial charge in [-0.1, -0.05) is 5.16 Å². The molecule has 2 aromatic rings. The molecule has 114 valence electrons. The number of hydrogen-bond acceptors (Lipinski definition) is 6. The number of aliphatic hydroxyl groups is 1. The Morgan fingerprint density at radius 3 is 2.62 bits per heavy atom. The Morgan fingerprint density at radius 2 is 2.00 bits per heavy atom. The van der Waals surface area contributed by atoms with E-state index < -0.39 is 5.60 Å². The van der Waals surface area contributed by atoms with Crippen LogP contribution in [0.3, 0.4) is 0 Å². The molecular formula is C15H21N3O3. The van der Waals surface area contributed by atoms with E-state index in [9.17, 15) is 0 Å². The van der Waals surface area contributed by atoms with Crippen LogP contribution in [0.25, 0.3) is 11.5 Å². The number of aromatic nitrogens is 2. The highest BCUT2D eigenvalue weighted by Crippen LogP contribution is 2.25. The molecule has 0 atom stereocenters. The lowest BCUT2D eigenvalue weighted by Gasteiger charge is -2.19. The largest absolute Gasteiger partial charge is 0.395 e. The van der Waals surface area contributed by atoms with Gasteiger partial charge in [-0.25, -0.2) is 0 Å². The average Bonchev–Trinajstić information content (AvgIpc) is 2.96. The second kappa shape index (κ2) is 6.69. The van der Waals surface area contributed by atoms with E-state index in [2.05, 4.69) is 15.5 Å². The van der Waals surface area contributed by atoms with Gasteiger partial charge in [0.05, 0.1) is 6.61 Å². The summed E-state index contributed by atoms with van der Waals surface area (Å²) in [6.45, 7) is 6.96. The molecule has 6 nitrogen and oxygen atoms in total. The number of ether oxygens (including phenoxy) is 1. The Labute approximate surface area is 124 Å². The molecule has 2 N–H and O–H groups in total. The van der Waals surface area contributed by atoms with Crippen LogP contribution in [-0.2, 0) is 10.3 Å². The van der Waals surface area contributed by atoms with Crippen LogP contribution < -0.4 is 5.32 Å². The SMILES string of the molecule is CCOC(C)(C)c1noc(-c2ccc(NCCO)cc2)n1. The zero-order valence-electron chi connectivity index (χ0n) is 12.6. The molecule has 0 fully saturated rings. The summed E-state index contributed by atoms with van der Waals surface area (Å²) in [5.74, 6) is 0.994. The van der Waals surface area contributed by atoms with E-state index >= 15 is 0 Å². The van der Waals surface area contributed by atoms with Crippen molar-refractivity contribution >= 4 is 5.69 Å². The third kappa shape index (κ3) is 3.80. The summed E-state index contributed by atoms with van der Waals surface area (Å²) in [6, 6.07) is 7.60. The molecular weight excluding hydrogens is 270 g/mol. The zero-order chi connectivity index (χ0) is 15.3. The minimum atomic E-state index is -0.570. The van der Waals surface area contributed by atoms with E-state index in [1.165, 1.54) is 0 Å². The molecule has 1 aromatic carbocycles. The number of nitrogens with zero attached hydrogens (tertiary/aromatic N) is 2. The minimum absolute atomic E-state index is 0.0985. The van der Waals surface area contributed by atoms with Crippen LogP contribution >= 0.6 is 0 Å². The van der Waals surface area contributed by atoms with Crippen LogP contribution in [0.5, 0.6) is 0 Å². The maximum Gasteiger partial charge on any atom is 0.258 e. The Hall–Kier alpha value is -1.92. The Bertz CT molecular complexity index is 564. The Kier molecular flexibility index (Phi) is 4.93. The molecule has 0 saturated heterocycles. The molecule has 0 aliphatic carbocycles. The smallest absolute Gasteiger partial charge is 0.258 e. The lowest BCUT2D eigenvalue weighted by atomic mass is 10.1. The van der Waals surface area contributed by atoms with E-state index in [0.29, 0.717) is 24.9 Å². The predicted octanol–water partition coefficient (Wildman–Crippen LogP) is 2.41. The van der Waals surface area contributed by atoms with Crippen LogP contribution in [0.4, 0.5) is 5.69 Å². The highest BCUT2D eigenvalue weighted by atomic mass is 16.5. The first-order valence-corrected chi connectivity index (χ1v) is 7.00. The molecule has 0 aliphatic rings. The third-order valence-electron chi connectivity index (χ3n) is 3.04. The minimum Gasteiger partial charge on any atom is -0.395 e. The summed E-state index contributed by atoms with van der Waals surface area (Å²) in [5.41, 5.74) is 1.21. The van der Waals surface area contributed by atoms with Gasteiger partial charge in [-0.2, -0.15) is 4.98 Å². The summed E-state index contributed by atoms with van der Waals surface area (Å²) in [4.78, 5) is 4.40. The Morgan fingerprint density at radius 1 is 1.29 bits per heavy atom. The molecule has 0 unspecified atom stereocenters.